The highest BCUT2D eigenvalue weighted by Crippen LogP contribution is 2.29. The van der Waals surface area contributed by atoms with E-state index in [-0.39, 0.29) is 28.4 Å². The van der Waals surface area contributed by atoms with Gasteiger partial charge in [0.1, 0.15) is 11.6 Å². The first-order valence-electron chi connectivity index (χ1n) is 13.9. The largest absolute Gasteiger partial charge is 0.495 e. The second-order valence-electron chi connectivity index (χ2n) is 9.89. The van der Waals surface area contributed by atoms with Crippen molar-refractivity contribution < 1.29 is 27.1 Å². The summed E-state index contributed by atoms with van der Waals surface area (Å²) in [6.07, 6.45) is 2.68. The molecule has 1 aromatic heterocycles. The number of sulfonamides is 1. The van der Waals surface area contributed by atoms with Crippen LogP contribution >= 0.6 is 11.8 Å². The van der Waals surface area contributed by atoms with Gasteiger partial charge in [0.2, 0.25) is 15.9 Å². The number of methoxy groups -OCH3 is 1. The second-order valence-corrected chi connectivity index (χ2v) is 12.8. The van der Waals surface area contributed by atoms with Crippen LogP contribution in [0.4, 0.5) is 10.1 Å². The van der Waals surface area contributed by atoms with Gasteiger partial charge in [0.15, 0.2) is 11.0 Å². The highest BCUT2D eigenvalue weighted by molar-refractivity contribution is 7.99. The molecule has 11 nitrogen and oxygen atoms in total. The lowest BCUT2D eigenvalue weighted by Crippen LogP contribution is -2.35. The molecule has 2 heterocycles. The van der Waals surface area contributed by atoms with Crippen molar-refractivity contribution in [2.24, 2.45) is 0 Å². The number of carbonyl (C=O) groups is 2. The molecule has 44 heavy (non-hydrogen) atoms. The fourth-order valence-corrected chi connectivity index (χ4v) is 7.02. The van der Waals surface area contributed by atoms with Crippen LogP contribution in [0.25, 0.3) is 5.69 Å². The van der Waals surface area contributed by atoms with Crippen molar-refractivity contribution in [1.82, 2.24) is 24.4 Å². The van der Waals surface area contributed by atoms with Gasteiger partial charge in [-0.1, -0.05) is 42.4 Å². The van der Waals surface area contributed by atoms with Crippen molar-refractivity contribution in [3.8, 4) is 11.4 Å². The molecule has 3 aromatic carbocycles. The van der Waals surface area contributed by atoms with E-state index in [1.165, 1.54) is 53.9 Å². The van der Waals surface area contributed by atoms with Crippen LogP contribution in [0.1, 0.15) is 35.4 Å². The van der Waals surface area contributed by atoms with Crippen LogP contribution in [-0.4, -0.2) is 65.3 Å². The van der Waals surface area contributed by atoms with Gasteiger partial charge in [-0.15, -0.1) is 10.2 Å². The van der Waals surface area contributed by atoms with Crippen LogP contribution in [0.2, 0.25) is 0 Å². The molecule has 2 N–H and O–H groups in total. The van der Waals surface area contributed by atoms with Gasteiger partial charge in [0, 0.05) is 18.7 Å². The SMILES string of the molecule is COc1ccccc1-n1c(CNC(=O)c2ccc(S(=O)(=O)N3CCCCC3)cc2)nnc1SCC(=O)Nc1ccccc1F. The molecule has 1 aliphatic rings. The zero-order valence-electron chi connectivity index (χ0n) is 23.9. The van der Waals surface area contributed by atoms with Gasteiger partial charge >= 0.3 is 0 Å². The Labute approximate surface area is 258 Å². The number of para-hydroxylation sites is 3. The number of aromatic nitrogens is 3. The van der Waals surface area contributed by atoms with Crippen LogP contribution in [0.3, 0.4) is 0 Å². The fraction of sp³-hybridized carbons (Fsp3) is 0.267. The number of carbonyl (C=O) groups excluding carboxylic acids is 2. The van der Waals surface area contributed by atoms with Crippen molar-refractivity contribution in [3.05, 3.63) is 90.0 Å². The Kier molecular flexibility index (Phi) is 9.92. The Balaban J connectivity index is 1.30. The summed E-state index contributed by atoms with van der Waals surface area (Å²) >= 11 is 1.09. The molecule has 5 rings (SSSR count). The molecule has 0 spiro atoms. The zero-order chi connectivity index (χ0) is 31.1. The van der Waals surface area contributed by atoms with Crippen LogP contribution < -0.4 is 15.4 Å². The van der Waals surface area contributed by atoms with Gasteiger partial charge < -0.3 is 15.4 Å². The third-order valence-corrected chi connectivity index (χ3v) is 9.82. The van der Waals surface area contributed by atoms with Crippen molar-refractivity contribution in [2.45, 2.75) is 35.9 Å². The molecule has 0 unspecified atom stereocenters. The number of amides is 2. The molecule has 230 valence electrons. The molecule has 0 radical (unpaired) electrons. The van der Waals surface area contributed by atoms with E-state index < -0.39 is 27.7 Å². The van der Waals surface area contributed by atoms with E-state index in [4.69, 9.17) is 4.74 Å². The van der Waals surface area contributed by atoms with Gasteiger partial charge in [0.25, 0.3) is 5.91 Å². The molecule has 4 aromatic rings. The summed E-state index contributed by atoms with van der Waals surface area (Å²) in [6.45, 7) is 0.960. The molecule has 0 aliphatic carbocycles. The number of rotatable bonds is 11. The summed E-state index contributed by atoms with van der Waals surface area (Å²) < 4.78 is 48.6. The summed E-state index contributed by atoms with van der Waals surface area (Å²) in [5, 5.41) is 14.2. The minimum atomic E-state index is -3.61. The molecule has 0 atom stereocenters. The summed E-state index contributed by atoms with van der Waals surface area (Å²) in [5.74, 6) is -0.609. The molecule has 1 fully saturated rings. The predicted molar refractivity (Wildman–Crippen MR) is 164 cm³/mol. The number of hydrogen-bond acceptors (Lipinski definition) is 8. The van der Waals surface area contributed by atoms with E-state index in [1.807, 2.05) is 0 Å². The molecule has 14 heteroatoms. The first kappa shape index (κ1) is 31.2. The highest BCUT2D eigenvalue weighted by atomic mass is 32.2. The first-order chi connectivity index (χ1) is 21.3. The van der Waals surface area contributed by atoms with Gasteiger partial charge in [0.05, 0.1) is 35.7 Å². The maximum absolute atomic E-state index is 14.0. The van der Waals surface area contributed by atoms with Crippen molar-refractivity contribution in [2.75, 3.05) is 31.3 Å². The second kappa shape index (κ2) is 14.0. The Hall–Kier alpha value is -4.27. The Morgan fingerprint density at radius 3 is 2.39 bits per heavy atom. The van der Waals surface area contributed by atoms with Gasteiger partial charge in [-0.3, -0.25) is 14.2 Å². The van der Waals surface area contributed by atoms with Crippen LogP contribution in [0.5, 0.6) is 5.75 Å². The van der Waals surface area contributed by atoms with E-state index in [2.05, 4.69) is 20.8 Å². The number of thioether (sulfide) groups is 1. The van der Waals surface area contributed by atoms with Crippen molar-refractivity contribution in [1.29, 1.82) is 0 Å². The highest BCUT2D eigenvalue weighted by Gasteiger charge is 2.26. The Morgan fingerprint density at radius 1 is 0.955 bits per heavy atom. The summed E-state index contributed by atoms with van der Waals surface area (Å²) in [4.78, 5) is 25.8. The van der Waals surface area contributed by atoms with E-state index in [9.17, 15) is 22.4 Å². The molecule has 0 bridgehead atoms. The fourth-order valence-electron chi connectivity index (χ4n) is 4.74. The third kappa shape index (κ3) is 7.09. The van der Waals surface area contributed by atoms with Crippen LogP contribution in [-0.2, 0) is 21.4 Å². The quantitative estimate of drug-likeness (QED) is 0.233. The van der Waals surface area contributed by atoms with Crippen LogP contribution in [0, 0.1) is 5.82 Å². The molecule has 1 saturated heterocycles. The Bertz CT molecular complexity index is 1740. The van der Waals surface area contributed by atoms with E-state index in [0.717, 1.165) is 31.0 Å². The van der Waals surface area contributed by atoms with E-state index >= 15 is 0 Å². The number of halogens is 1. The normalized spacial score (nSPS) is 13.8. The average molecular weight is 639 g/mol. The smallest absolute Gasteiger partial charge is 0.251 e. The first-order valence-corrected chi connectivity index (χ1v) is 16.3. The average Bonchev–Trinajstić information content (AvgIpc) is 3.46. The maximum atomic E-state index is 14.0. The zero-order valence-corrected chi connectivity index (χ0v) is 25.5. The van der Waals surface area contributed by atoms with Crippen molar-refractivity contribution in [3.63, 3.8) is 0 Å². The lowest BCUT2D eigenvalue weighted by atomic mass is 10.2. The molecular weight excluding hydrogens is 607 g/mol. The minimum absolute atomic E-state index is 0.0281. The molecule has 0 saturated carbocycles. The summed E-state index contributed by atoms with van der Waals surface area (Å²) in [7, 11) is -2.09. The lowest BCUT2D eigenvalue weighted by molar-refractivity contribution is -0.113. The predicted octanol–water partition coefficient (Wildman–Crippen LogP) is 4.25. The van der Waals surface area contributed by atoms with Gasteiger partial charge in [-0.05, 0) is 61.4 Å². The Morgan fingerprint density at radius 2 is 1.66 bits per heavy atom. The number of piperidine rings is 1. The number of hydrogen-bond donors (Lipinski definition) is 2. The number of anilines is 1. The summed E-state index contributed by atoms with van der Waals surface area (Å²) in [6, 6.07) is 18.9. The molecule has 1 aliphatic heterocycles. The van der Waals surface area contributed by atoms with Gasteiger partial charge in [-0.2, -0.15) is 4.31 Å². The maximum Gasteiger partial charge on any atom is 0.251 e. The lowest BCUT2D eigenvalue weighted by Gasteiger charge is -2.25. The van der Waals surface area contributed by atoms with Gasteiger partial charge in [-0.25, -0.2) is 12.8 Å². The topological polar surface area (TPSA) is 136 Å². The third-order valence-electron chi connectivity index (χ3n) is 6.98. The number of nitrogens with one attached hydrogen (secondary N) is 2. The monoisotopic (exact) mass is 638 g/mol. The number of nitrogens with zero attached hydrogens (tertiary/aromatic N) is 4. The van der Waals surface area contributed by atoms with E-state index in [0.29, 0.717) is 35.5 Å². The number of ether oxygens (including phenoxy) is 1. The molecule has 2 amide bonds. The summed E-state index contributed by atoms with van der Waals surface area (Å²) in [5.41, 5.74) is 0.948. The van der Waals surface area contributed by atoms with E-state index in [1.54, 1.807) is 34.9 Å². The number of benzene rings is 3. The van der Waals surface area contributed by atoms with Crippen LogP contribution in [0.15, 0.2) is 82.8 Å². The minimum Gasteiger partial charge on any atom is -0.495 e. The van der Waals surface area contributed by atoms with Crippen molar-refractivity contribution >= 4 is 39.3 Å². The molecular formula is C30H31FN6O5S2. The standard InChI is InChI=1S/C30H31FN6O5S2/c1-42-26-12-6-5-11-25(26)37-27(34-35-30(37)43-20-28(38)33-24-10-4-3-9-23(24)31)19-32-29(39)21-13-15-22(16-14-21)44(40,41)36-17-7-2-8-18-36/h3-6,9-16H,2,7-8,17-20H2,1H3,(H,32,39)(H,33,38).